The molecule has 164 valence electrons. The van der Waals surface area contributed by atoms with Gasteiger partial charge in [-0.3, -0.25) is 4.79 Å². The van der Waals surface area contributed by atoms with E-state index < -0.39 is 6.04 Å². The molecule has 0 bridgehead atoms. The van der Waals surface area contributed by atoms with Crippen molar-refractivity contribution in [2.45, 2.75) is 90.4 Å². The van der Waals surface area contributed by atoms with Gasteiger partial charge in [-0.1, -0.05) is 85.6 Å². The number of nitrogens with zero attached hydrogens (tertiary/aromatic N) is 1. The number of carbonyl (C=O) groups is 1. The molecule has 0 aliphatic rings. The predicted molar refractivity (Wildman–Crippen MR) is 130 cm³/mol. The molecule has 1 aromatic carbocycles. The van der Waals surface area contributed by atoms with Gasteiger partial charge < -0.3 is 10.6 Å². The first-order valence-corrected chi connectivity index (χ1v) is 12.8. The zero-order valence-corrected chi connectivity index (χ0v) is 20.6. The SMILES string of the molecule is C/C(=N/OC(C)CCC(C)SSC(C)C)c1ccc(CC(N)C(=O)C(C)C)cc1. The first-order chi connectivity index (χ1) is 13.6. The van der Waals surface area contributed by atoms with Crippen LogP contribution in [0.15, 0.2) is 29.4 Å². The topological polar surface area (TPSA) is 64.7 Å². The van der Waals surface area contributed by atoms with Gasteiger partial charge in [0.15, 0.2) is 5.78 Å². The fourth-order valence-corrected chi connectivity index (χ4v) is 4.83. The molecule has 1 aromatic rings. The highest BCUT2D eigenvalue weighted by Gasteiger charge is 2.17. The number of rotatable bonds is 13. The van der Waals surface area contributed by atoms with Crippen molar-refractivity contribution < 1.29 is 9.63 Å². The van der Waals surface area contributed by atoms with Crippen LogP contribution in [0.2, 0.25) is 0 Å². The Labute approximate surface area is 185 Å². The number of benzene rings is 1. The number of Topliss-reactive ketones (excluding diaryl/α,β-unsaturated/α-hetero) is 1. The third kappa shape index (κ3) is 10.6. The Morgan fingerprint density at radius 1 is 1.03 bits per heavy atom. The van der Waals surface area contributed by atoms with Gasteiger partial charge in [-0.05, 0) is 44.2 Å². The number of hydrogen-bond donors (Lipinski definition) is 1. The Kier molecular flexibility index (Phi) is 12.0. The number of hydrogen-bond acceptors (Lipinski definition) is 6. The van der Waals surface area contributed by atoms with Gasteiger partial charge >= 0.3 is 0 Å². The van der Waals surface area contributed by atoms with Crippen molar-refractivity contribution in [3.05, 3.63) is 35.4 Å². The molecule has 0 saturated heterocycles. The molecule has 0 radical (unpaired) electrons. The Morgan fingerprint density at radius 2 is 1.66 bits per heavy atom. The lowest BCUT2D eigenvalue weighted by molar-refractivity contribution is -0.123. The van der Waals surface area contributed by atoms with Crippen molar-refractivity contribution in [3.63, 3.8) is 0 Å². The van der Waals surface area contributed by atoms with Gasteiger partial charge in [-0.2, -0.15) is 0 Å². The molecule has 0 fully saturated rings. The van der Waals surface area contributed by atoms with Crippen molar-refractivity contribution in [2.24, 2.45) is 16.8 Å². The van der Waals surface area contributed by atoms with Crippen LogP contribution in [-0.4, -0.2) is 34.1 Å². The maximum absolute atomic E-state index is 12.0. The second-order valence-corrected chi connectivity index (χ2v) is 11.6. The van der Waals surface area contributed by atoms with Gasteiger partial charge in [0.2, 0.25) is 0 Å². The molecule has 3 unspecified atom stereocenters. The van der Waals surface area contributed by atoms with E-state index in [9.17, 15) is 4.79 Å². The van der Waals surface area contributed by atoms with Crippen LogP contribution >= 0.6 is 21.6 Å². The summed E-state index contributed by atoms with van der Waals surface area (Å²) < 4.78 is 0. The van der Waals surface area contributed by atoms with Crippen LogP contribution < -0.4 is 5.73 Å². The van der Waals surface area contributed by atoms with Gasteiger partial charge in [0.1, 0.15) is 6.10 Å². The van der Waals surface area contributed by atoms with Crippen LogP contribution in [-0.2, 0) is 16.1 Å². The maximum atomic E-state index is 12.0. The third-order valence-corrected chi connectivity index (χ3v) is 8.06. The largest absolute Gasteiger partial charge is 0.393 e. The highest BCUT2D eigenvalue weighted by Crippen LogP contribution is 2.32. The molecule has 0 aliphatic carbocycles. The fraction of sp³-hybridized carbons (Fsp3) is 0.652. The number of oxime groups is 1. The lowest BCUT2D eigenvalue weighted by atomic mass is 9.96. The third-order valence-electron chi connectivity index (χ3n) is 4.52. The highest BCUT2D eigenvalue weighted by molar-refractivity contribution is 8.77. The molecule has 4 nitrogen and oxygen atoms in total. The first kappa shape index (κ1) is 26.1. The van der Waals surface area contributed by atoms with Crippen LogP contribution in [0.3, 0.4) is 0 Å². The number of nitrogens with two attached hydrogens (primary N) is 1. The summed E-state index contributed by atoms with van der Waals surface area (Å²) in [5, 5.41) is 5.58. The second kappa shape index (κ2) is 13.3. The lowest BCUT2D eigenvalue weighted by Gasteiger charge is -2.15. The summed E-state index contributed by atoms with van der Waals surface area (Å²) in [6.07, 6.45) is 2.76. The van der Waals surface area contributed by atoms with Crippen LogP contribution in [0.4, 0.5) is 0 Å². The molecule has 2 N–H and O–H groups in total. The van der Waals surface area contributed by atoms with Crippen molar-refractivity contribution >= 4 is 33.1 Å². The minimum atomic E-state index is -0.445. The van der Waals surface area contributed by atoms with E-state index in [1.165, 1.54) is 0 Å². The second-order valence-electron chi connectivity index (χ2n) is 8.29. The lowest BCUT2D eigenvalue weighted by Crippen LogP contribution is -2.35. The van der Waals surface area contributed by atoms with Gasteiger partial charge in [0.05, 0.1) is 11.8 Å². The molecule has 0 aromatic heterocycles. The van der Waals surface area contributed by atoms with Gasteiger partial charge in [-0.25, -0.2) is 0 Å². The average molecular weight is 439 g/mol. The average Bonchev–Trinajstić information content (AvgIpc) is 2.68. The van der Waals surface area contributed by atoms with E-state index in [1.54, 1.807) is 0 Å². The molecule has 3 atom stereocenters. The number of ketones is 1. The smallest absolute Gasteiger partial charge is 0.152 e. The maximum Gasteiger partial charge on any atom is 0.152 e. The van der Waals surface area contributed by atoms with Gasteiger partial charge in [-0.15, -0.1) is 0 Å². The number of carbonyl (C=O) groups excluding carboxylic acids is 1. The van der Waals surface area contributed by atoms with E-state index in [0.29, 0.717) is 16.9 Å². The molecule has 0 aliphatic heterocycles. The van der Waals surface area contributed by atoms with Crippen molar-refractivity contribution in [1.29, 1.82) is 0 Å². The van der Waals surface area contributed by atoms with Crippen LogP contribution in [0, 0.1) is 5.92 Å². The van der Waals surface area contributed by atoms with E-state index >= 15 is 0 Å². The van der Waals surface area contributed by atoms with Crippen molar-refractivity contribution in [3.8, 4) is 0 Å². The molecule has 29 heavy (non-hydrogen) atoms. The van der Waals surface area contributed by atoms with E-state index in [0.717, 1.165) is 29.7 Å². The molecule has 0 spiro atoms. The zero-order chi connectivity index (χ0) is 22.0. The molecule has 0 amide bonds. The van der Waals surface area contributed by atoms with Crippen LogP contribution in [0.25, 0.3) is 0 Å². The van der Waals surface area contributed by atoms with E-state index in [4.69, 9.17) is 10.6 Å². The molecule has 0 saturated carbocycles. The zero-order valence-electron chi connectivity index (χ0n) is 19.0. The minimum absolute atomic E-state index is 0.0340. The molecule has 0 heterocycles. The molecular weight excluding hydrogens is 400 g/mol. The van der Waals surface area contributed by atoms with Gasteiger partial charge in [0.25, 0.3) is 0 Å². The summed E-state index contributed by atoms with van der Waals surface area (Å²) in [7, 11) is 3.89. The standard InChI is InChI=1S/C23H38N2O2S2/c1-15(2)23(26)22(24)14-20-10-12-21(13-11-20)19(7)25-27-17(5)8-9-18(6)29-28-16(3)4/h10-13,15-18,22H,8-9,14,24H2,1-7H3/b25-19-. The molecule has 1 rings (SSSR count). The summed E-state index contributed by atoms with van der Waals surface area (Å²) in [4.78, 5) is 17.7. The monoisotopic (exact) mass is 438 g/mol. The van der Waals surface area contributed by atoms with E-state index in [1.807, 2.05) is 66.6 Å². The summed E-state index contributed by atoms with van der Waals surface area (Å²) in [6, 6.07) is 7.60. The highest BCUT2D eigenvalue weighted by atomic mass is 33.1. The normalized spacial score (nSPS) is 15.4. The molecular formula is C23H38N2O2S2. The summed E-state index contributed by atoms with van der Waals surface area (Å²) in [6.45, 7) is 14.5. The Hall–Kier alpha value is -0.980. The van der Waals surface area contributed by atoms with Crippen LogP contribution in [0.5, 0.6) is 0 Å². The minimum Gasteiger partial charge on any atom is -0.393 e. The van der Waals surface area contributed by atoms with E-state index in [-0.39, 0.29) is 17.8 Å². The van der Waals surface area contributed by atoms with Gasteiger partial charge in [0, 0.05) is 16.4 Å². The molecule has 6 heteroatoms. The predicted octanol–water partition coefficient (Wildman–Crippen LogP) is 5.87. The van der Waals surface area contributed by atoms with Crippen molar-refractivity contribution in [2.75, 3.05) is 0 Å². The quantitative estimate of drug-likeness (QED) is 0.237. The van der Waals surface area contributed by atoms with Crippen molar-refractivity contribution in [1.82, 2.24) is 0 Å². The van der Waals surface area contributed by atoms with Crippen LogP contribution in [0.1, 0.15) is 72.4 Å². The fourth-order valence-electron chi connectivity index (χ4n) is 2.66. The Morgan fingerprint density at radius 3 is 2.21 bits per heavy atom. The van der Waals surface area contributed by atoms with E-state index in [2.05, 4.69) is 32.9 Å². The summed E-state index contributed by atoms with van der Waals surface area (Å²) in [5.74, 6) is 0.0676. The summed E-state index contributed by atoms with van der Waals surface area (Å²) in [5.41, 5.74) is 8.94. The first-order valence-electron chi connectivity index (χ1n) is 10.5. The Bertz CT molecular complexity index is 645. The Balaban J connectivity index is 2.49. The summed E-state index contributed by atoms with van der Waals surface area (Å²) >= 11 is 0.